The Hall–Kier alpha value is -8.92. The lowest BCUT2D eigenvalue weighted by Gasteiger charge is -2.25. The zero-order chi connectivity index (χ0) is 64.2. The summed E-state index contributed by atoms with van der Waals surface area (Å²) in [6.07, 6.45) is 4.24. The standard InChI is InChI=1S/C62H85N13O14/c1-7-26-72(27-8-2)36-42-12-14-43(15-13-42)37-73(38-45-16-19-46(49(35-45)84-6)39-75-56-54(69-61(75)82)55(63)70-60(71-56)88-9-3)62(83)89-40-44-17-20-47(21-18-44)66-57(79)48(11-10-25-65-59(64)81)67-58(80)53(41(4)5)68-50(76)24-29-85-31-33-87-34-32-86-30-28-74-51(77)22-23-52(74)78/h12-23,35,41,48,53H,7-11,24-34,36-40H2,1-6H3,(H,66,79)(H,67,80)(H,68,76)(H,69,82)(H2,63,70,71)(H3,64,65,81)/t48-,53-/m0/s1. The molecule has 0 fully saturated rings. The first kappa shape index (κ1) is 69.2. The zero-order valence-corrected chi connectivity index (χ0v) is 51.6. The van der Waals surface area contributed by atoms with Gasteiger partial charge >= 0.3 is 23.8 Å². The molecule has 27 nitrogen and oxygen atoms in total. The summed E-state index contributed by atoms with van der Waals surface area (Å²) in [6, 6.07) is 17.5. The van der Waals surface area contributed by atoms with Crippen molar-refractivity contribution >= 4 is 64.3 Å². The van der Waals surface area contributed by atoms with E-state index in [-0.39, 0.29) is 139 Å². The average Bonchev–Trinajstić information content (AvgIpc) is 2.18. The number of nitrogens with zero attached hydrogens (tertiary/aromatic N) is 6. The largest absolute Gasteiger partial charge is 0.496 e. The Morgan fingerprint density at radius 2 is 1.36 bits per heavy atom. The molecular weight excluding hydrogens is 1150 g/mol. The number of H-pyrrole nitrogens is 1. The third kappa shape index (κ3) is 22.0. The van der Waals surface area contributed by atoms with Crippen molar-refractivity contribution in [1.82, 2.24) is 50.2 Å². The number of fused-ring (bicyclic) bond motifs is 1. The van der Waals surface area contributed by atoms with Gasteiger partial charge in [0.05, 0.1) is 66.4 Å². The normalized spacial score (nSPS) is 12.8. The Bertz CT molecular complexity index is 3220. The molecule has 2 aromatic heterocycles. The van der Waals surface area contributed by atoms with Crippen molar-refractivity contribution in [3.05, 3.63) is 117 Å². The van der Waals surface area contributed by atoms with Crippen molar-refractivity contribution in [3.8, 4) is 11.8 Å². The van der Waals surface area contributed by atoms with E-state index in [1.807, 2.05) is 24.3 Å². The Kier molecular flexibility index (Phi) is 27.8. The molecule has 3 aromatic carbocycles. The fourth-order valence-electron chi connectivity index (χ4n) is 9.59. The lowest BCUT2D eigenvalue weighted by Crippen LogP contribution is -2.54. The zero-order valence-electron chi connectivity index (χ0n) is 51.6. The SMILES string of the molecule is CCCN(CCC)Cc1ccc(CN(Cc2ccc(Cn3c(=O)[nH]c4c(N)nc(OCC)nc43)c(OC)c2)C(=O)OCc2ccc(NC(=O)[C@H](CCCNC(N)=O)NC(=O)[C@@H](NC(=O)CCOCCOCCOCCN3C(=O)C=CC3=O)C(C)C)cc2)cc1. The summed E-state index contributed by atoms with van der Waals surface area (Å²) in [5, 5.41) is 10.9. The van der Waals surface area contributed by atoms with Gasteiger partial charge in [0.2, 0.25) is 17.7 Å². The highest BCUT2D eigenvalue weighted by molar-refractivity contribution is 6.12. The van der Waals surface area contributed by atoms with Crippen LogP contribution in [0.2, 0.25) is 0 Å². The van der Waals surface area contributed by atoms with E-state index in [1.54, 1.807) is 56.0 Å². The molecule has 27 heteroatoms. The van der Waals surface area contributed by atoms with Crippen molar-refractivity contribution in [2.45, 2.75) is 112 Å². The molecule has 0 radical (unpaired) electrons. The molecule has 1 aliphatic rings. The number of primary amides is 1. The summed E-state index contributed by atoms with van der Waals surface area (Å²) in [5.74, 6) is -2.19. The Morgan fingerprint density at radius 3 is 1.99 bits per heavy atom. The Balaban J connectivity index is 1.05. The van der Waals surface area contributed by atoms with E-state index in [2.05, 4.69) is 67.1 Å². The van der Waals surface area contributed by atoms with Gasteiger partial charge in [0.15, 0.2) is 11.5 Å². The van der Waals surface area contributed by atoms with Gasteiger partial charge in [0.25, 0.3) is 11.8 Å². The molecule has 1 aliphatic heterocycles. The third-order valence-corrected chi connectivity index (χ3v) is 14.1. The van der Waals surface area contributed by atoms with Crippen LogP contribution in [0.4, 0.5) is 21.1 Å². The molecule has 6 rings (SSSR count). The van der Waals surface area contributed by atoms with Crippen LogP contribution in [0.3, 0.4) is 0 Å². The van der Waals surface area contributed by atoms with Crippen molar-refractivity contribution in [2.24, 2.45) is 11.7 Å². The molecule has 5 aromatic rings. The third-order valence-electron chi connectivity index (χ3n) is 14.1. The van der Waals surface area contributed by atoms with Crippen molar-refractivity contribution in [2.75, 3.05) is 90.6 Å². The van der Waals surface area contributed by atoms with Crippen LogP contribution >= 0.6 is 0 Å². The second kappa shape index (κ2) is 35.8. The van der Waals surface area contributed by atoms with E-state index in [1.165, 1.54) is 23.8 Å². The fraction of sp³-hybridized carbons (Fsp3) is 0.484. The van der Waals surface area contributed by atoms with Crippen molar-refractivity contribution < 1.29 is 62.0 Å². The molecule has 3 heterocycles. The monoisotopic (exact) mass is 1240 g/mol. The number of nitrogen functional groups attached to an aromatic ring is 1. The first-order valence-electron chi connectivity index (χ1n) is 30.0. The number of carbonyl (C=O) groups excluding carboxylic acids is 7. The maximum atomic E-state index is 14.2. The highest BCUT2D eigenvalue weighted by atomic mass is 16.6. The highest BCUT2D eigenvalue weighted by Crippen LogP contribution is 2.26. The lowest BCUT2D eigenvalue weighted by molar-refractivity contribution is -0.137. The van der Waals surface area contributed by atoms with Gasteiger partial charge in [-0.15, -0.1) is 0 Å². The number of urea groups is 1. The summed E-state index contributed by atoms with van der Waals surface area (Å²) < 4.78 is 35.1. The number of hydrogen-bond acceptors (Lipinski definition) is 18. The summed E-state index contributed by atoms with van der Waals surface area (Å²) in [7, 11) is 1.52. The van der Waals surface area contributed by atoms with Gasteiger partial charge < -0.3 is 66.1 Å². The summed E-state index contributed by atoms with van der Waals surface area (Å²) in [4.78, 5) is 119. The topological polar surface area (TPSA) is 348 Å². The minimum atomic E-state index is -1.09. The number of hydrogen-bond donors (Lipinski definition) is 7. The van der Waals surface area contributed by atoms with Crippen LogP contribution in [0, 0.1) is 5.92 Å². The van der Waals surface area contributed by atoms with Crippen molar-refractivity contribution in [1.29, 1.82) is 0 Å². The molecule has 0 saturated carbocycles. The Morgan fingerprint density at radius 1 is 0.742 bits per heavy atom. The van der Waals surface area contributed by atoms with E-state index in [0.29, 0.717) is 29.2 Å². The van der Waals surface area contributed by atoms with E-state index < -0.39 is 47.6 Å². The fourth-order valence-corrected chi connectivity index (χ4v) is 9.59. The van der Waals surface area contributed by atoms with E-state index in [0.717, 1.165) is 54.1 Å². The number of aromatic amines is 1. The Labute approximate surface area is 517 Å². The van der Waals surface area contributed by atoms with Crippen LogP contribution in [0.25, 0.3) is 11.2 Å². The molecule has 89 heavy (non-hydrogen) atoms. The molecule has 9 N–H and O–H groups in total. The molecular formula is C62H85N13O14. The number of carbonyl (C=O) groups is 7. The maximum Gasteiger partial charge on any atom is 0.410 e. The molecule has 0 unspecified atom stereocenters. The second-order valence-corrected chi connectivity index (χ2v) is 21.4. The smallest absolute Gasteiger partial charge is 0.410 e. The number of benzene rings is 3. The van der Waals surface area contributed by atoms with E-state index in [4.69, 9.17) is 39.9 Å². The predicted octanol–water partition coefficient (Wildman–Crippen LogP) is 4.50. The molecule has 0 spiro atoms. The number of imide groups is 1. The van der Waals surface area contributed by atoms with Gasteiger partial charge in [-0.05, 0) is 92.1 Å². The number of imidazole rings is 1. The van der Waals surface area contributed by atoms with Crippen LogP contribution < -0.4 is 47.9 Å². The predicted molar refractivity (Wildman–Crippen MR) is 331 cm³/mol. The molecule has 0 saturated heterocycles. The van der Waals surface area contributed by atoms with Gasteiger partial charge in [-0.25, -0.2) is 14.4 Å². The first-order valence-corrected chi connectivity index (χ1v) is 30.0. The summed E-state index contributed by atoms with van der Waals surface area (Å²) in [5.41, 5.74) is 15.9. The molecule has 0 aliphatic carbocycles. The van der Waals surface area contributed by atoms with Crippen LogP contribution in [-0.4, -0.2) is 167 Å². The molecule has 8 amide bonds. The van der Waals surface area contributed by atoms with Gasteiger partial charge in [-0.3, -0.25) is 43.2 Å². The number of ether oxygens (including phenoxy) is 6. The quantitative estimate of drug-likeness (QED) is 0.0210. The lowest BCUT2D eigenvalue weighted by atomic mass is 10.0. The number of nitrogens with two attached hydrogens (primary N) is 2. The summed E-state index contributed by atoms with van der Waals surface area (Å²) in [6.45, 7) is 14.4. The average molecular weight is 1240 g/mol. The molecule has 2 atom stereocenters. The number of rotatable bonds is 39. The minimum Gasteiger partial charge on any atom is -0.496 e. The number of nitrogens with one attached hydrogen (secondary N) is 5. The number of aromatic nitrogens is 4. The van der Waals surface area contributed by atoms with Crippen molar-refractivity contribution in [3.63, 3.8) is 0 Å². The van der Waals surface area contributed by atoms with Gasteiger partial charge in [-0.1, -0.05) is 76.2 Å². The first-order chi connectivity index (χ1) is 42.9. The maximum absolute atomic E-state index is 14.2. The number of anilines is 2. The highest BCUT2D eigenvalue weighted by Gasteiger charge is 2.30. The van der Waals surface area contributed by atoms with Crippen LogP contribution in [-0.2, 0) is 75.7 Å². The van der Waals surface area contributed by atoms with Gasteiger partial charge in [0.1, 0.15) is 30.0 Å². The van der Waals surface area contributed by atoms with E-state index >= 15 is 0 Å². The molecule has 0 bridgehead atoms. The summed E-state index contributed by atoms with van der Waals surface area (Å²) >= 11 is 0. The van der Waals surface area contributed by atoms with Crippen LogP contribution in [0.1, 0.15) is 94.5 Å². The molecule has 482 valence electrons. The van der Waals surface area contributed by atoms with Crippen LogP contribution in [0.15, 0.2) is 83.7 Å². The van der Waals surface area contributed by atoms with E-state index in [9.17, 15) is 38.4 Å². The number of amides is 8. The van der Waals surface area contributed by atoms with Gasteiger partial charge in [0, 0.05) is 56.0 Å². The van der Waals surface area contributed by atoms with Crippen LogP contribution in [0.5, 0.6) is 11.8 Å². The minimum absolute atomic E-state index is 0.0394. The second-order valence-electron chi connectivity index (χ2n) is 21.4. The van der Waals surface area contributed by atoms with Gasteiger partial charge in [-0.2, -0.15) is 9.97 Å². The number of methoxy groups -OCH3 is 1.